The lowest BCUT2D eigenvalue weighted by Crippen LogP contribution is -2.28. The second-order valence-corrected chi connectivity index (χ2v) is 6.35. The molecule has 0 bridgehead atoms. The van der Waals surface area contributed by atoms with Crippen LogP contribution in [0.1, 0.15) is 63.8 Å². The zero-order valence-electron chi connectivity index (χ0n) is 11.9. The SMILES string of the molecule is CC(C)(C)n1nc(C(F)(F)F)cc1C1CCC(=O)CC1. The summed E-state index contributed by atoms with van der Waals surface area (Å²) in [5.74, 6) is 0.176. The molecule has 0 saturated heterocycles. The van der Waals surface area contributed by atoms with E-state index in [-0.39, 0.29) is 11.7 Å². The molecule has 2 rings (SSSR count). The van der Waals surface area contributed by atoms with Crippen molar-refractivity contribution < 1.29 is 18.0 Å². The van der Waals surface area contributed by atoms with Crippen LogP contribution in [0.4, 0.5) is 13.2 Å². The standard InChI is InChI=1S/C14H19F3N2O/c1-13(2,3)19-11(8-12(18-19)14(15,16)17)9-4-6-10(20)7-5-9/h8-9H,4-7H2,1-3H3. The van der Waals surface area contributed by atoms with E-state index in [1.807, 2.05) is 20.8 Å². The van der Waals surface area contributed by atoms with Crippen molar-refractivity contribution in [3.8, 4) is 0 Å². The van der Waals surface area contributed by atoms with Crippen molar-refractivity contribution in [1.29, 1.82) is 0 Å². The van der Waals surface area contributed by atoms with Crippen LogP contribution in [0.15, 0.2) is 6.07 Å². The lowest BCUT2D eigenvalue weighted by molar-refractivity contribution is -0.141. The Morgan fingerprint density at radius 3 is 2.20 bits per heavy atom. The molecule has 1 saturated carbocycles. The fourth-order valence-corrected chi connectivity index (χ4v) is 2.60. The fourth-order valence-electron chi connectivity index (χ4n) is 2.60. The van der Waals surface area contributed by atoms with Crippen LogP contribution in [0.2, 0.25) is 0 Å². The molecule has 112 valence electrons. The zero-order chi connectivity index (χ0) is 15.1. The van der Waals surface area contributed by atoms with Crippen LogP contribution in [0, 0.1) is 0 Å². The number of carbonyl (C=O) groups excluding carboxylic acids is 1. The van der Waals surface area contributed by atoms with Crippen molar-refractivity contribution >= 4 is 5.78 Å². The Balaban J connectivity index is 2.40. The van der Waals surface area contributed by atoms with Crippen molar-refractivity contribution in [3.05, 3.63) is 17.5 Å². The fraction of sp³-hybridized carbons (Fsp3) is 0.714. The first-order chi connectivity index (χ1) is 9.09. The maximum absolute atomic E-state index is 12.9. The molecule has 0 spiro atoms. The lowest BCUT2D eigenvalue weighted by atomic mass is 9.85. The Kier molecular flexibility index (Phi) is 3.69. The second-order valence-electron chi connectivity index (χ2n) is 6.35. The summed E-state index contributed by atoms with van der Waals surface area (Å²) in [5.41, 5.74) is -0.767. The maximum atomic E-state index is 12.9. The molecule has 0 radical (unpaired) electrons. The van der Waals surface area contributed by atoms with Gasteiger partial charge in [0.15, 0.2) is 5.69 Å². The van der Waals surface area contributed by atoms with Crippen LogP contribution < -0.4 is 0 Å². The Labute approximate surface area is 116 Å². The summed E-state index contributed by atoms with van der Waals surface area (Å²) in [7, 11) is 0. The highest BCUT2D eigenvalue weighted by Crippen LogP contribution is 2.37. The van der Waals surface area contributed by atoms with E-state index in [9.17, 15) is 18.0 Å². The minimum atomic E-state index is -4.43. The van der Waals surface area contributed by atoms with Gasteiger partial charge in [-0.25, -0.2) is 0 Å². The van der Waals surface area contributed by atoms with E-state index in [4.69, 9.17) is 0 Å². The molecule has 0 unspecified atom stereocenters. The van der Waals surface area contributed by atoms with E-state index in [0.717, 1.165) is 6.07 Å². The van der Waals surface area contributed by atoms with Crippen molar-refractivity contribution in [1.82, 2.24) is 9.78 Å². The van der Waals surface area contributed by atoms with Gasteiger partial charge in [0, 0.05) is 24.5 Å². The van der Waals surface area contributed by atoms with Gasteiger partial charge in [-0.2, -0.15) is 18.3 Å². The molecule has 1 aromatic heterocycles. The molecule has 6 heteroatoms. The Hall–Kier alpha value is -1.33. The molecule has 0 aromatic carbocycles. The molecule has 0 N–H and O–H groups in total. The summed E-state index contributed by atoms with van der Waals surface area (Å²) in [5, 5.41) is 3.75. The molecule has 0 aliphatic heterocycles. The molecule has 0 amide bonds. The van der Waals surface area contributed by atoms with E-state index in [1.165, 1.54) is 4.68 Å². The first-order valence-corrected chi connectivity index (χ1v) is 6.78. The molecule has 20 heavy (non-hydrogen) atoms. The van der Waals surface area contributed by atoms with Crippen LogP contribution in [-0.2, 0) is 16.5 Å². The lowest BCUT2D eigenvalue weighted by Gasteiger charge is -2.28. The van der Waals surface area contributed by atoms with Crippen LogP contribution in [-0.4, -0.2) is 15.6 Å². The van der Waals surface area contributed by atoms with E-state index >= 15 is 0 Å². The minimum absolute atomic E-state index is 0.0180. The third-order valence-corrected chi connectivity index (χ3v) is 3.62. The quantitative estimate of drug-likeness (QED) is 0.786. The number of ketones is 1. The zero-order valence-corrected chi connectivity index (χ0v) is 11.9. The molecule has 1 fully saturated rings. The highest BCUT2D eigenvalue weighted by atomic mass is 19.4. The van der Waals surface area contributed by atoms with Gasteiger partial charge in [-0.3, -0.25) is 9.48 Å². The number of hydrogen-bond donors (Lipinski definition) is 0. The van der Waals surface area contributed by atoms with Gasteiger partial charge in [0.2, 0.25) is 0 Å². The highest BCUT2D eigenvalue weighted by molar-refractivity contribution is 5.79. The van der Waals surface area contributed by atoms with Gasteiger partial charge in [0.25, 0.3) is 0 Å². The second kappa shape index (κ2) is 4.90. The van der Waals surface area contributed by atoms with E-state index in [0.29, 0.717) is 31.4 Å². The van der Waals surface area contributed by atoms with Crippen LogP contribution >= 0.6 is 0 Å². The number of hydrogen-bond acceptors (Lipinski definition) is 2. The topological polar surface area (TPSA) is 34.9 Å². The van der Waals surface area contributed by atoms with Crippen molar-refractivity contribution in [2.24, 2.45) is 0 Å². The van der Waals surface area contributed by atoms with Gasteiger partial charge >= 0.3 is 6.18 Å². The summed E-state index contributed by atoms with van der Waals surface area (Å²) < 4.78 is 40.1. The monoisotopic (exact) mass is 288 g/mol. The first-order valence-electron chi connectivity index (χ1n) is 6.78. The number of halogens is 3. The van der Waals surface area contributed by atoms with Gasteiger partial charge in [-0.15, -0.1) is 0 Å². The molecular weight excluding hydrogens is 269 g/mol. The molecule has 1 heterocycles. The number of aromatic nitrogens is 2. The average Bonchev–Trinajstić information content (AvgIpc) is 2.74. The third kappa shape index (κ3) is 3.04. The normalized spacial score (nSPS) is 18.6. The smallest absolute Gasteiger partial charge is 0.300 e. The van der Waals surface area contributed by atoms with E-state index in [1.54, 1.807) is 0 Å². The van der Waals surface area contributed by atoms with E-state index < -0.39 is 17.4 Å². The van der Waals surface area contributed by atoms with Crippen molar-refractivity contribution in [2.75, 3.05) is 0 Å². The summed E-state index contributed by atoms with van der Waals surface area (Å²) in [4.78, 5) is 11.3. The molecule has 3 nitrogen and oxygen atoms in total. The molecule has 1 aliphatic rings. The highest BCUT2D eigenvalue weighted by Gasteiger charge is 2.38. The minimum Gasteiger partial charge on any atom is -0.300 e. The Morgan fingerprint density at radius 2 is 1.75 bits per heavy atom. The molecule has 1 aliphatic carbocycles. The molecule has 1 aromatic rings. The largest absolute Gasteiger partial charge is 0.435 e. The summed E-state index contributed by atoms with van der Waals surface area (Å²) in [6.07, 6.45) is -2.33. The van der Waals surface area contributed by atoms with Gasteiger partial charge in [0.1, 0.15) is 5.78 Å². The molecular formula is C14H19F3N2O. The number of alkyl halides is 3. The van der Waals surface area contributed by atoms with Crippen molar-refractivity contribution in [3.63, 3.8) is 0 Å². The summed E-state index contributed by atoms with van der Waals surface area (Å²) in [6.45, 7) is 5.49. The van der Waals surface area contributed by atoms with Crippen molar-refractivity contribution in [2.45, 2.75) is 64.1 Å². The van der Waals surface area contributed by atoms with Gasteiger partial charge < -0.3 is 0 Å². The third-order valence-electron chi connectivity index (χ3n) is 3.62. The maximum Gasteiger partial charge on any atom is 0.435 e. The van der Waals surface area contributed by atoms with Crippen LogP contribution in [0.25, 0.3) is 0 Å². The van der Waals surface area contributed by atoms with Gasteiger partial charge in [-0.05, 0) is 39.7 Å². The predicted molar refractivity (Wildman–Crippen MR) is 68.4 cm³/mol. The summed E-state index contributed by atoms with van der Waals surface area (Å²) in [6, 6.07) is 1.14. The average molecular weight is 288 g/mol. The van der Waals surface area contributed by atoms with E-state index in [2.05, 4.69) is 5.10 Å². The van der Waals surface area contributed by atoms with Crippen LogP contribution in [0.5, 0.6) is 0 Å². The number of nitrogens with zero attached hydrogens (tertiary/aromatic N) is 2. The van der Waals surface area contributed by atoms with Crippen LogP contribution in [0.3, 0.4) is 0 Å². The number of carbonyl (C=O) groups is 1. The van der Waals surface area contributed by atoms with Gasteiger partial charge in [-0.1, -0.05) is 0 Å². The first kappa shape index (κ1) is 15.1. The number of Topliss-reactive ketones (excluding diaryl/α,β-unsaturated/α-hetero) is 1. The molecule has 0 atom stereocenters. The van der Waals surface area contributed by atoms with Gasteiger partial charge in [0.05, 0.1) is 5.54 Å². The number of rotatable bonds is 1. The summed E-state index contributed by atoms with van der Waals surface area (Å²) >= 11 is 0. The Bertz CT molecular complexity index is 501. The Morgan fingerprint density at radius 1 is 1.20 bits per heavy atom. The predicted octanol–water partition coefficient (Wildman–Crippen LogP) is 3.88.